The van der Waals surface area contributed by atoms with Crippen molar-refractivity contribution in [1.82, 2.24) is 4.98 Å². The molecule has 0 radical (unpaired) electrons. The molecule has 0 aliphatic rings. The highest BCUT2D eigenvalue weighted by atomic mass is 127. The van der Waals surface area contributed by atoms with Gasteiger partial charge in [-0.05, 0) is 29.5 Å². The van der Waals surface area contributed by atoms with E-state index in [4.69, 9.17) is 0 Å². The molecule has 7 nitrogen and oxygen atoms in total. The van der Waals surface area contributed by atoms with Crippen molar-refractivity contribution in [2.45, 2.75) is 13.3 Å². The fraction of sp³-hybridized carbons (Fsp3) is 0.333. The fourth-order valence-corrected chi connectivity index (χ4v) is 1.92. The third kappa shape index (κ3) is 3.91. The van der Waals surface area contributed by atoms with Gasteiger partial charge >= 0.3 is 18.0 Å². The molecule has 0 aliphatic heterocycles. The van der Waals surface area contributed by atoms with E-state index in [1.54, 1.807) is 0 Å². The van der Waals surface area contributed by atoms with E-state index in [0.29, 0.717) is 6.20 Å². The van der Waals surface area contributed by atoms with Crippen molar-refractivity contribution >= 4 is 34.2 Å². The number of rotatable bonds is 4. The van der Waals surface area contributed by atoms with Crippen molar-refractivity contribution in [1.29, 1.82) is 0 Å². The molecule has 1 heterocycles. The van der Waals surface area contributed by atoms with Crippen molar-refractivity contribution in [3.05, 3.63) is 25.4 Å². The molecule has 20 heavy (non-hydrogen) atoms. The van der Waals surface area contributed by atoms with Crippen LogP contribution in [0.15, 0.2) is 6.20 Å². The van der Waals surface area contributed by atoms with Crippen LogP contribution in [0.1, 0.15) is 17.3 Å². The van der Waals surface area contributed by atoms with Crippen molar-refractivity contribution < 1.29 is 32.4 Å². The van der Waals surface area contributed by atoms with Crippen LogP contribution in [0.25, 0.3) is 0 Å². The van der Waals surface area contributed by atoms with E-state index in [0.717, 1.165) is 0 Å². The smallest absolute Gasteiger partial charge is 0.462 e. The molecule has 11 heteroatoms. The van der Waals surface area contributed by atoms with Gasteiger partial charge in [0, 0.05) is 0 Å². The minimum atomic E-state index is -5.03. The van der Waals surface area contributed by atoms with Crippen LogP contribution < -0.4 is 4.74 Å². The maximum absolute atomic E-state index is 12.1. The summed E-state index contributed by atoms with van der Waals surface area (Å²) in [4.78, 5) is 24.6. The predicted octanol–water partition coefficient (Wildman–Crippen LogP) is 2.67. The quantitative estimate of drug-likeness (QED) is 0.331. The lowest BCUT2D eigenvalue weighted by Crippen LogP contribution is -2.20. The Balaban J connectivity index is 3.38. The second kappa shape index (κ2) is 6.19. The first kappa shape index (κ1) is 16.4. The molecule has 1 rings (SSSR count). The zero-order chi connectivity index (χ0) is 15.5. The van der Waals surface area contributed by atoms with Gasteiger partial charge in [0.25, 0.3) is 0 Å². The number of pyridine rings is 1. The molecular formula is C9H6F3IN2O5. The number of hydrogen-bond acceptors (Lipinski definition) is 6. The third-order valence-corrected chi connectivity index (χ3v) is 2.86. The molecule has 0 unspecified atom stereocenters. The highest BCUT2D eigenvalue weighted by Crippen LogP contribution is 2.32. The van der Waals surface area contributed by atoms with Crippen LogP contribution in [0.3, 0.4) is 0 Å². The summed E-state index contributed by atoms with van der Waals surface area (Å²) in [5.41, 5.74) is -1.39. The Morgan fingerprint density at radius 3 is 2.60 bits per heavy atom. The van der Waals surface area contributed by atoms with Crippen molar-refractivity contribution in [3.8, 4) is 5.88 Å². The molecule has 1 aromatic heterocycles. The average molecular weight is 406 g/mol. The van der Waals surface area contributed by atoms with Crippen LogP contribution in [-0.2, 0) is 4.74 Å². The number of aromatic nitrogens is 1. The molecule has 0 spiro atoms. The van der Waals surface area contributed by atoms with E-state index in [2.05, 4.69) is 14.5 Å². The maximum Gasteiger partial charge on any atom is 0.574 e. The third-order valence-electron chi connectivity index (χ3n) is 1.86. The zero-order valence-electron chi connectivity index (χ0n) is 9.73. The Morgan fingerprint density at radius 1 is 1.55 bits per heavy atom. The van der Waals surface area contributed by atoms with E-state index in [-0.39, 0.29) is 6.61 Å². The molecule has 0 N–H and O–H groups in total. The van der Waals surface area contributed by atoms with Crippen LogP contribution in [0.4, 0.5) is 18.9 Å². The number of esters is 1. The molecule has 0 fully saturated rings. The summed E-state index contributed by atoms with van der Waals surface area (Å²) in [7, 11) is 0. The van der Waals surface area contributed by atoms with E-state index in [1.807, 2.05) is 0 Å². The molecule has 0 saturated heterocycles. The number of carbonyl (C=O) groups is 1. The summed E-state index contributed by atoms with van der Waals surface area (Å²) < 4.78 is 44.1. The second-order valence-corrected chi connectivity index (χ2v) is 4.24. The first-order valence-corrected chi connectivity index (χ1v) is 6.01. The van der Waals surface area contributed by atoms with E-state index in [1.165, 1.54) is 29.5 Å². The predicted molar refractivity (Wildman–Crippen MR) is 66.2 cm³/mol. The summed E-state index contributed by atoms with van der Waals surface area (Å²) in [5.74, 6) is -2.08. The Labute approximate surface area is 123 Å². The number of halogens is 4. The lowest BCUT2D eigenvalue weighted by molar-refractivity contribution is -0.385. The summed E-state index contributed by atoms with van der Waals surface area (Å²) >= 11 is 1.30. The van der Waals surface area contributed by atoms with Gasteiger partial charge in [0.15, 0.2) is 5.56 Å². The van der Waals surface area contributed by atoms with Gasteiger partial charge in [0.05, 0.1) is 15.1 Å². The lowest BCUT2D eigenvalue weighted by Gasteiger charge is -2.11. The second-order valence-electron chi connectivity index (χ2n) is 3.16. The molecule has 110 valence electrons. The summed E-state index contributed by atoms with van der Waals surface area (Å²) in [5, 5.41) is 10.8. The molecule has 0 aromatic carbocycles. The first-order valence-electron chi connectivity index (χ1n) is 4.93. The van der Waals surface area contributed by atoms with Gasteiger partial charge in [-0.15, -0.1) is 13.2 Å². The standard InChI is InChI=1S/C9H6F3IN2O5/c1-2-19-8(16)5-4(15(17)18)3-14-7(6(5)13)20-9(10,11)12/h3H,2H2,1H3. The average Bonchev–Trinajstić information content (AvgIpc) is 2.29. The molecule has 0 amide bonds. The van der Waals surface area contributed by atoms with E-state index in [9.17, 15) is 28.1 Å². The molecule has 0 bridgehead atoms. The number of nitrogens with zero attached hydrogens (tertiary/aromatic N) is 2. The molecule has 0 aliphatic carbocycles. The molecular weight excluding hydrogens is 400 g/mol. The monoisotopic (exact) mass is 406 g/mol. The van der Waals surface area contributed by atoms with Gasteiger partial charge < -0.3 is 9.47 Å². The molecule has 1 aromatic rings. The number of hydrogen-bond donors (Lipinski definition) is 0. The summed E-state index contributed by atoms with van der Waals surface area (Å²) in [6.07, 6.45) is -4.52. The first-order chi connectivity index (χ1) is 9.17. The minimum absolute atomic E-state index is 0.0934. The van der Waals surface area contributed by atoms with Gasteiger partial charge in [-0.3, -0.25) is 10.1 Å². The number of alkyl halides is 3. The zero-order valence-corrected chi connectivity index (χ0v) is 11.9. The van der Waals surface area contributed by atoms with Crippen molar-refractivity contribution in [2.24, 2.45) is 0 Å². The van der Waals surface area contributed by atoms with E-state index >= 15 is 0 Å². The minimum Gasteiger partial charge on any atom is -0.462 e. The Morgan fingerprint density at radius 2 is 2.15 bits per heavy atom. The SMILES string of the molecule is CCOC(=O)c1c([N+](=O)[O-])cnc(OC(F)(F)F)c1I. The van der Waals surface area contributed by atoms with Crippen LogP contribution in [0.5, 0.6) is 5.88 Å². The Hall–Kier alpha value is -1.66. The topological polar surface area (TPSA) is 91.6 Å². The number of carbonyl (C=O) groups excluding carboxylic acids is 1. The van der Waals surface area contributed by atoms with Gasteiger partial charge in [-0.2, -0.15) is 0 Å². The summed E-state index contributed by atoms with van der Waals surface area (Å²) in [6.45, 7) is 1.36. The van der Waals surface area contributed by atoms with E-state index < -0.39 is 38.0 Å². The number of nitro groups is 1. The molecule has 0 saturated carbocycles. The highest BCUT2D eigenvalue weighted by molar-refractivity contribution is 14.1. The van der Waals surface area contributed by atoms with Crippen LogP contribution in [-0.4, -0.2) is 28.8 Å². The molecule has 0 atom stereocenters. The Bertz CT molecular complexity index is 549. The van der Waals surface area contributed by atoms with Crippen LogP contribution in [0, 0.1) is 13.7 Å². The normalized spacial score (nSPS) is 11.1. The highest BCUT2D eigenvalue weighted by Gasteiger charge is 2.36. The lowest BCUT2D eigenvalue weighted by atomic mass is 10.2. The largest absolute Gasteiger partial charge is 0.574 e. The summed E-state index contributed by atoms with van der Waals surface area (Å²) in [6, 6.07) is 0. The van der Waals surface area contributed by atoms with Gasteiger partial charge in [-0.1, -0.05) is 0 Å². The van der Waals surface area contributed by atoms with Crippen molar-refractivity contribution in [3.63, 3.8) is 0 Å². The van der Waals surface area contributed by atoms with Crippen LogP contribution in [0.2, 0.25) is 0 Å². The van der Waals surface area contributed by atoms with Crippen LogP contribution >= 0.6 is 22.6 Å². The number of ether oxygens (including phenoxy) is 2. The van der Waals surface area contributed by atoms with Gasteiger partial charge in [-0.25, -0.2) is 9.78 Å². The fourth-order valence-electron chi connectivity index (χ4n) is 1.18. The van der Waals surface area contributed by atoms with Gasteiger partial charge in [0.1, 0.15) is 6.20 Å². The maximum atomic E-state index is 12.1. The van der Waals surface area contributed by atoms with Crippen molar-refractivity contribution in [2.75, 3.05) is 6.61 Å². The van der Waals surface area contributed by atoms with Gasteiger partial charge in [0.2, 0.25) is 5.88 Å². The Kier molecular flexibility index (Phi) is 5.08.